The predicted molar refractivity (Wildman–Crippen MR) is 144 cm³/mol. The quantitative estimate of drug-likeness (QED) is 0.340. The van der Waals surface area contributed by atoms with Crippen LogP contribution in [0.4, 0.5) is 19.0 Å². The van der Waals surface area contributed by atoms with E-state index in [-0.39, 0.29) is 11.8 Å². The van der Waals surface area contributed by atoms with E-state index in [2.05, 4.69) is 11.8 Å². The van der Waals surface area contributed by atoms with Crippen LogP contribution in [0.3, 0.4) is 0 Å². The third-order valence-electron chi connectivity index (χ3n) is 8.16. The van der Waals surface area contributed by atoms with Crippen LogP contribution in [0.15, 0.2) is 42.0 Å². The first-order valence-electron chi connectivity index (χ1n) is 13.5. The third kappa shape index (κ3) is 4.81. The number of allylic oxidation sites excluding steroid dienone is 3. The fourth-order valence-corrected chi connectivity index (χ4v) is 5.81. The first-order chi connectivity index (χ1) is 18.6. The summed E-state index contributed by atoms with van der Waals surface area (Å²) in [6, 6.07) is 6.00. The van der Waals surface area contributed by atoms with Crippen molar-refractivity contribution in [2.24, 2.45) is 17.8 Å². The van der Waals surface area contributed by atoms with Crippen LogP contribution in [0, 0.1) is 31.6 Å². The van der Waals surface area contributed by atoms with Crippen molar-refractivity contribution in [1.82, 2.24) is 14.6 Å². The Morgan fingerprint density at radius 1 is 1.15 bits per heavy atom. The lowest BCUT2D eigenvalue weighted by Crippen LogP contribution is -2.36. The zero-order valence-corrected chi connectivity index (χ0v) is 22.7. The molecule has 2 aromatic heterocycles. The van der Waals surface area contributed by atoms with E-state index in [9.17, 15) is 13.2 Å². The molecule has 3 aromatic rings. The van der Waals surface area contributed by atoms with E-state index in [1.165, 1.54) is 12.2 Å². The van der Waals surface area contributed by atoms with Gasteiger partial charge in [0.25, 0.3) is 0 Å². The van der Waals surface area contributed by atoms with Crippen molar-refractivity contribution in [2.45, 2.75) is 53.0 Å². The Morgan fingerprint density at radius 2 is 1.95 bits per heavy atom. The van der Waals surface area contributed by atoms with Crippen molar-refractivity contribution in [3.8, 4) is 16.9 Å². The summed E-state index contributed by atoms with van der Waals surface area (Å²) in [6.07, 6.45) is 2.30. The molecule has 1 saturated carbocycles. The van der Waals surface area contributed by atoms with Gasteiger partial charge in [0.05, 0.1) is 37.3 Å². The van der Waals surface area contributed by atoms with Crippen LogP contribution in [0.2, 0.25) is 0 Å². The molecule has 9 heteroatoms. The fraction of sp³-hybridized carbons (Fsp3) is 0.467. The van der Waals surface area contributed by atoms with E-state index in [0.29, 0.717) is 25.7 Å². The monoisotopic (exact) mass is 538 g/mol. The number of aromatic nitrogens is 3. The normalized spacial score (nSPS) is 20.8. The summed E-state index contributed by atoms with van der Waals surface area (Å²) in [7, 11) is 1.66. The van der Waals surface area contributed by atoms with E-state index >= 15 is 0 Å². The maximum Gasteiger partial charge on any atom is 0.416 e. The molecule has 1 fully saturated rings. The highest BCUT2D eigenvalue weighted by Gasteiger charge is 2.37. The molecule has 3 heterocycles. The lowest BCUT2D eigenvalue weighted by Gasteiger charge is -2.33. The molecule has 0 bridgehead atoms. The number of anilines is 1. The summed E-state index contributed by atoms with van der Waals surface area (Å²) in [6.45, 7) is 8.22. The summed E-state index contributed by atoms with van der Waals surface area (Å²) in [4.78, 5) is 7.37. The molecule has 0 amide bonds. The predicted octanol–water partition coefficient (Wildman–Crippen LogP) is 6.58. The summed E-state index contributed by atoms with van der Waals surface area (Å²) in [5.74, 6) is 2.01. The van der Waals surface area contributed by atoms with Gasteiger partial charge < -0.3 is 14.4 Å². The SMILES string of the molecule is COc1ccc(-c2c(C)nn3c(N(CC4CC4)CC4C=CC(C(F)(F)F)=CC4C)c4c(nc23)COC4)c(C)c1. The second-order valence-electron chi connectivity index (χ2n) is 11.1. The van der Waals surface area contributed by atoms with Gasteiger partial charge >= 0.3 is 6.18 Å². The van der Waals surface area contributed by atoms with E-state index in [0.717, 1.165) is 70.2 Å². The molecule has 0 saturated heterocycles. The Kier molecular flexibility index (Phi) is 6.44. The number of alkyl halides is 3. The average Bonchev–Trinajstić information content (AvgIpc) is 3.48. The molecule has 2 unspecified atom stereocenters. The minimum Gasteiger partial charge on any atom is -0.497 e. The van der Waals surface area contributed by atoms with Gasteiger partial charge in [0.1, 0.15) is 11.6 Å². The van der Waals surface area contributed by atoms with Gasteiger partial charge in [-0.15, -0.1) is 0 Å². The number of aryl methyl sites for hydroxylation is 2. The molecule has 3 aliphatic rings. The number of hydrogen-bond acceptors (Lipinski definition) is 5. The van der Waals surface area contributed by atoms with Crippen LogP contribution in [0.5, 0.6) is 5.75 Å². The minimum absolute atomic E-state index is 0.0593. The van der Waals surface area contributed by atoms with Gasteiger partial charge in [0.15, 0.2) is 5.65 Å². The molecule has 39 heavy (non-hydrogen) atoms. The van der Waals surface area contributed by atoms with Crippen LogP contribution >= 0.6 is 0 Å². The second-order valence-corrected chi connectivity index (χ2v) is 11.1. The molecule has 2 aliphatic carbocycles. The molecule has 0 radical (unpaired) electrons. The van der Waals surface area contributed by atoms with Gasteiger partial charge in [0.2, 0.25) is 0 Å². The molecule has 0 N–H and O–H groups in total. The smallest absolute Gasteiger partial charge is 0.416 e. The number of hydrogen-bond donors (Lipinski definition) is 0. The summed E-state index contributed by atoms with van der Waals surface area (Å²) in [5.41, 5.74) is 6.08. The summed E-state index contributed by atoms with van der Waals surface area (Å²) >= 11 is 0. The Labute approximate surface area is 226 Å². The largest absolute Gasteiger partial charge is 0.497 e. The van der Waals surface area contributed by atoms with Gasteiger partial charge in [-0.05, 0) is 61.8 Å². The Morgan fingerprint density at radius 3 is 2.62 bits per heavy atom. The Balaban J connectivity index is 1.45. The maximum absolute atomic E-state index is 13.4. The lowest BCUT2D eigenvalue weighted by atomic mass is 9.86. The van der Waals surface area contributed by atoms with Crippen LogP contribution in [0.1, 0.15) is 42.3 Å². The lowest BCUT2D eigenvalue weighted by molar-refractivity contribution is -0.0890. The van der Waals surface area contributed by atoms with E-state index in [1.807, 2.05) is 36.6 Å². The molecular weight excluding hydrogens is 505 g/mol. The van der Waals surface area contributed by atoms with Gasteiger partial charge in [-0.2, -0.15) is 22.8 Å². The van der Waals surface area contributed by atoms with Crippen LogP contribution in [0.25, 0.3) is 16.8 Å². The molecule has 1 aliphatic heterocycles. The first kappa shape index (κ1) is 25.9. The molecule has 2 atom stereocenters. The van der Waals surface area contributed by atoms with Gasteiger partial charge in [0, 0.05) is 30.1 Å². The highest BCUT2D eigenvalue weighted by Crippen LogP contribution is 2.40. The van der Waals surface area contributed by atoms with Gasteiger partial charge in [-0.1, -0.05) is 31.2 Å². The zero-order valence-electron chi connectivity index (χ0n) is 22.7. The van der Waals surface area contributed by atoms with Gasteiger partial charge in [-0.3, -0.25) is 0 Å². The molecular formula is C30H33F3N4O2. The number of rotatable bonds is 7. The number of benzene rings is 1. The van der Waals surface area contributed by atoms with Crippen LogP contribution in [-0.2, 0) is 18.0 Å². The van der Waals surface area contributed by atoms with Crippen molar-refractivity contribution in [3.63, 3.8) is 0 Å². The second kappa shape index (κ2) is 9.70. The number of halogens is 3. The topological polar surface area (TPSA) is 51.9 Å². The highest BCUT2D eigenvalue weighted by atomic mass is 19.4. The molecule has 6 nitrogen and oxygen atoms in total. The molecule has 206 valence electrons. The fourth-order valence-electron chi connectivity index (χ4n) is 5.81. The van der Waals surface area contributed by atoms with Crippen molar-refractivity contribution >= 4 is 11.5 Å². The standard InChI is InChI=1S/C30H33F3N4O2/c1-17-11-22(30(31,32)33)8-7-21(17)14-36(13-20-5-6-20)29-25-15-39-16-26(25)34-28-27(19(3)35-37(28)29)24-10-9-23(38-4)12-18(24)2/h7-12,17,20-21H,5-6,13-16H2,1-4H3. The third-order valence-corrected chi connectivity index (χ3v) is 8.16. The zero-order chi connectivity index (χ0) is 27.5. The highest BCUT2D eigenvalue weighted by molar-refractivity contribution is 5.83. The maximum atomic E-state index is 13.4. The number of fused-ring (bicyclic) bond motifs is 2. The summed E-state index contributed by atoms with van der Waals surface area (Å²) in [5, 5.41) is 5.00. The van der Waals surface area contributed by atoms with Crippen molar-refractivity contribution in [1.29, 1.82) is 0 Å². The van der Waals surface area contributed by atoms with Crippen molar-refractivity contribution < 1.29 is 22.6 Å². The number of ether oxygens (including phenoxy) is 2. The summed E-state index contributed by atoms with van der Waals surface area (Å²) < 4.78 is 53.3. The van der Waals surface area contributed by atoms with E-state index < -0.39 is 11.7 Å². The van der Waals surface area contributed by atoms with Crippen molar-refractivity contribution in [3.05, 3.63) is 64.5 Å². The van der Waals surface area contributed by atoms with E-state index in [1.54, 1.807) is 13.2 Å². The van der Waals surface area contributed by atoms with Crippen LogP contribution in [-0.4, -0.2) is 41.0 Å². The molecule has 1 aromatic carbocycles. The first-order valence-corrected chi connectivity index (χ1v) is 13.5. The number of methoxy groups -OCH3 is 1. The van der Waals surface area contributed by atoms with Gasteiger partial charge in [-0.25, -0.2) is 4.98 Å². The molecule has 6 rings (SSSR count). The van der Waals surface area contributed by atoms with Crippen LogP contribution < -0.4 is 9.64 Å². The van der Waals surface area contributed by atoms with E-state index in [4.69, 9.17) is 19.6 Å². The Bertz CT molecular complexity index is 1490. The average molecular weight is 539 g/mol. The minimum atomic E-state index is -4.33. The number of nitrogens with zero attached hydrogens (tertiary/aromatic N) is 4. The Hall–Kier alpha value is -3.33. The van der Waals surface area contributed by atoms with Crippen molar-refractivity contribution in [2.75, 3.05) is 25.1 Å². The molecule has 0 spiro atoms.